The standard InChI is InChI=1S/C9H8Br.3C4H9.Sn/c1-2-3-8-4-6-9(10)7-5-8;3*1-3-4-2;/h1-2,4-7H,3H2;3*1,3-4H2,2H3;. The molecule has 0 aliphatic heterocycles. The molecular weight excluding hydrogens is 451 g/mol. The fraction of sp³-hybridized carbons (Fsp3) is 0.619. The SMILES string of the molecule is CCC[CH2][Sn](/[CH]=C/Cc1ccc(Br)cc1)([CH2]CCC)[CH2]CCC. The zero-order valence-corrected chi connectivity index (χ0v) is 19.9. The van der Waals surface area contributed by atoms with Crippen molar-refractivity contribution < 1.29 is 0 Å². The van der Waals surface area contributed by atoms with Crippen LogP contribution in [0.15, 0.2) is 38.9 Å². The average Bonchev–Trinajstić information content (AvgIpc) is 2.57. The van der Waals surface area contributed by atoms with E-state index >= 15 is 0 Å². The molecule has 0 saturated heterocycles. The molecule has 0 spiro atoms. The normalized spacial score (nSPS) is 12.2. The summed E-state index contributed by atoms with van der Waals surface area (Å²) in [5, 5.41) is 0. The first-order valence-electron chi connectivity index (χ1n) is 9.58. The van der Waals surface area contributed by atoms with Crippen LogP contribution in [0.4, 0.5) is 0 Å². The van der Waals surface area contributed by atoms with Gasteiger partial charge in [-0.25, -0.2) is 0 Å². The molecule has 2 heteroatoms. The van der Waals surface area contributed by atoms with Gasteiger partial charge in [0, 0.05) is 0 Å². The molecule has 1 aromatic carbocycles. The molecule has 0 atom stereocenters. The van der Waals surface area contributed by atoms with Crippen LogP contribution >= 0.6 is 15.9 Å². The van der Waals surface area contributed by atoms with Crippen molar-refractivity contribution in [3.63, 3.8) is 0 Å². The van der Waals surface area contributed by atoms with Crippen molar-refractivity contribution in [3.05, 3.63) is 44.5 Å². The molecule has 0 aromatic heterocycles. The number of benzene rings is 1. The van der Waals surface area contributed by atoms with Crippen LogP contribution in [0, 0.1) is 0 Å². The second-order valence-electron chi connectivity index (χ2n) is 6.91. The van der Waals surface area contributed by atoms with Crippen molar-refractivity contribution in [1.29, 1.82) is 0 Å². The number of hydrogen-bond donors (Lipinski definition) is 0. The summed E-state index contributed by atoms with van der Waals surface area (Å²) in [7, 11) is 0. The molecule has 0 aliphatic carbocycles. The molecular formula is C21H35BrSn. The van der Waals surface area contributed by atoms with Gasteiger partial charge in [-0.2, -0.15) is 0 Å². The molecule has 130 valence electrons. The second-order valence-corrected chi connectivity index (χ2v) is 20.8. The van der Waals surface area contributed by atoms with E-state index in [9.17, 15) is 0 Å². The first-order chi connectivity index (χ1) is 11.2. The van der Waals surface area contributed by atoms with E-state index in [1.165, 1.54) is 48.6 Å². The minimum atomic E-state index is -2.06. The zero-order chi connectivity index (χ0) is 17.0. The molecule has 0 heterocycles. The second kappa shape index (κ2) is 12.6. The van der Waals surface area contributed by atoms with Gasteiger partial charge in [0.05, 0.1) is 0 Å². The van der Waals surface area contributed by atoms with E-state index in [1.807, 2.05) is 0 Å². The molecule has 0 radical (unpaired) electrons. The first-order valence-corrected chi connectivity index (χ1v) is 18.1. The van der Waals surface area contributed by atoms with Gasteiger partial charge in [0.1, 0.15) is 0 Å². The molecule has 0 unspecified atom stereocenters. The molecule has 0 N–H and O–H groups in total. The van der Waals surface area contributed by atoms with Gasteiger partial charge >= 0.3 is 158 Å². The number of rotatable bonds is 12. The Balaban J connectivity index is 2.77. The molecule has 0 aliphatic rings. The summed E-state index contributed by atoms with van der Waals surface area (Å²) in [6, 6.07) is 8.81. The number of unbranched alkanes of at least 4 members (excludes halogenated alkanes) is 3. The van der Waals surface area contributed by atoms with Crippen LogP contribution in [0.5, 0.6) is 0 Å². The molecule has 0 bridgehead atoms. The van der Waals surface area contributed by atoms with E-state index < -0.39 is 18.4 Å². The Bertz CT molecular complexity index is 414. The third-order valence-corrected chi connectivity index (χ3v) is 19.6. The number of halogens is 1. The van der Waals surface area contributed by atoms with E-state index in [-0.39, 0.29) is 0 Å². The van der Waals surface area contributed by atoms with Gasteiger partial charge in [-0.15, -0.1) is 0 Å². The number of hydrogen-bond acceptors (Lipinski definition) is 0. The Morgan fingerprint density at radius 1 is 0.826 bits per heavy atom. The summed E-state index contributed by atoms with van der Waals surface area (Å²) in [5.74, 6) is 0. The molecule has 0 nitrogen and oxygen atoms in total. The fourth-order valence-corrected chi connectivity index (χ4v) is 17.9. The van der Waals surface area contributed by atoms with Crippen molar-refractivity contribution in [2.45, 2.75) is 79.0 Å². The summed E-state index contributed by atoms with van der Waals surface area (Å²) in [4.78, 5) is 0. The van der Waals surface area contributed by atoms with Crippen LogP contribution in [0.25, 0.3) is 0 Å². The predicted molar refractivity (Wildman–Crippen MR) is 112 cm³/mol. The summed E-state index contributed by atoms with van der Waals surface area (Å²) >= 11 is 1.46. The molecule has 1 rings (SSSR count). The quantitative estimate of drug-likeness (QED) is 0.263. The Labute approximate surface area is 157 Å². The van der Waals surface area contributed by atoms with Crippen LogP contribution in [0.1, 0.15) is 64.9 Å². The summed E-state index contributed by atoms with van der Waals surface area (Å²) in [6.45, 7) is 7.05. The third-order valence-electron chi connectivity index (χ3n) is 4.82. The van der Waals surface area contributed by atoms with Gasteiger partial charge in [-0.1, -0.05) is 0 Å². The predicted octanol–water partition coefficient (Wildman–Crippen LogP) is 7.94. The Kier molecular flexibility index (Phi) is 11.6. The van der Waals surface area contributed by atoms with Crippen LogP contribution < -0.4 is 0 Å². The first kappa shape index (κ1) is 21.3. The van der Waals surface area contributed by atoms with Crippen molar-refractivity contribution in [1.82, 2.24) is 0 Å². The van der Waals surface area contributed by atoms with Gasteiger partial charge in [0.2, 0.25) is 0 Å². The van der Waals surface area contributed by atoms with E-state index in [1.54, 1.807) is 13.3 Å². The molecule has 0 saturated carbocycles. The zero-order valence-electron chi connectivity index (χ0n) is 15.4. The van der Waals surface area contributed by atoms with Gasteiger partial charge in [-0.3, -0.25) is 0 Å². The maximum absolute atomic E-state index is 3.52. The molecule has 1 aromatic rings. The van der Waals surface area contributed by atoms with E-state index in [4.69, 9.17) is 0 Å². The van der Waals surface area contributed by atoms with Crippen LogP contribution in [0.3, 0.4) is 0 Å². The summed E-state index contributed by atoms with van der Waals surface area (Å²) < 4.78 is 8.68. The summed E-state index contributed by atoms with van der Waals surface area (Å²) in [6.07, 6.45) is 12.1. The maximum atomic E-state index is 3.52. The van der Waals surface area contributed by atoms with E-state index in [2.05, 4.69) is 71.1 Å². The van der Waals surface area contributed by atoms with Crippen LogP contribution in [0.2, 0.25) is 13.3 Å². The van der Waals surface area contributed by atoms with Crippen molar-refractivity contribution in [2.24, 2.45) is 0 Å². The van der Waals surface area contributed by atoms with Crippen LogP contribution in [-0.4, -0.2) is 18.4 Å². The summed E-state index contributed by atoms with van der Waals surface area (Å²) in [5.41, 5.74) is 1.44. The topological polar surface area (TPSA) is 0 Å². The van der Waals surface area contributed by atoms with Crippen molar-refractivity contribution in [2.75, 3.05) is 0 Å². The Morgan fingerprint density at radius 2 is 1.30 bits per heavy atom. The Hall–Kier alpha value is 0.239. The van der Waals surface area contributed by atoms with Gasteiger partial charge in [-0.05, 0) is 0 Å². The van der Waals surface area contributed by atoms with Gasteiger partial charge in [0.15, 0.2) is 0 Å². The molecule has 0 amide bonds. The van der Waals surface area contributed by atoms with Crippen molar-refractivity contribution >= 4 is 34.3 Å². The minimum absolute atomic E-state index is 1.11. The molecule has 23 heavy (non-hydrogen) atoms. The van der Waals surface area contributed by atoms with Gasteiger partial charge in [0.25, 0.3) is 0 Å². The van der Waals surface area contributed by atoms with Crippen molar-refractivity contribution in [3.8, 4) is 0 Å². The van der Waals surface area contributed by atoms with Crippen LogP contribution in [-0.2, 0) is 6.42 Å². The van der Waals surface area contributed by atoms with E-state index in [0.29, 0.717) is 0 Å². The average molecular weight is 486 g/mol. The Morgan fingerprint density at radius 3 is 1.74 bits per heavy atom. The van der Waals surface area contributed by atoms with Gasteiger partial charge < -0.3 is 0 Å². The monoisotopic (exact) mass is 486 g/mol. The van der Waals surface area contributed by atoms with E-state index in [0.717, 1.165) is 6.42 Å². The third kappa shape index (κ3) is 8.76. The molecule has 0 fully saturated rings. The number of allylic oxidation sites excluding steroid dienone is 1. The fourth-order valence-electron chi connectivity index (χ4n) is 3.28.